The van der Waals surface area contributed by atoms with Gasteiger partial charge in [-0.15, -0.1) is 0 Å². The lowest BCUT2D eigenvalue weighted by atomic mass is 9.81. The van der Waals surface area contributed by atoms with E-state index < -0.39 is 0 Å². The Morgan fingerprint density at radius 3 is 2.00 bits per heavy atom. The average molecular weight is 272 g/mol. The van der Waals surface area contributed by atoms with Crippen molar-refractivity contribution in [2.45, 2.75) is 60.5 Å². The van der Waals surface area contributed by atoms with Gasteiger partial charge in [0.25, 0.3) is 0 Å². The van der Waals surface area contributed by atoms with E-state index >= 15 is 0 Å². The lowest BCUT2D eigenvalue weighted by molar-refractivity contribution is 0.312. The Morgan fingerprint density at radius 2 is 1.61 bits per heavy atom. The summed E-state index contributed by atoms with van der Waals surface area (Å²) < 4.78 is 0. The van der Waals surface area contributed by atoms with Crippen LogP contribution >= 0.6 is 11.8 Å². The molecule has 2 heteroatoms. The summed E-state index contributed by atoms with van der Waals surface area (Å²) in [6.07, 6.45) is 7.02. The van der Waals surface area contributed by atoms with Gasteiger partial charge in [-0.05, 0) is 24.5 Å². The van der Waals surface area contributed by atoms with Crippen molar-refractivity contribution in [3.63, 3.8) is 0 Å². The number of rotatable bonds is 7. The van der Waals surface area contributed by atoms with Crippen LogP contribution in [-0.2, 0) is 0 Å². The summed E-state index contributed by atoms with van der Waals surface area (Å²) in [6.45, 7) is 16.0. The third-order valence-electron chi connectivity index (χ3n) is 3.61. The Kier molecular flexibility index (Phi) is 8.29. The highest BCUT2D eigenvalue weighted by atomic mass is 32.2. The highest BCUT2D eigenvalue weighted by molar-refractivity contribution is 7.98. The van der Waals surface area contributed by atoms with Crippen LogP contribution in [0.1, 0.15) is 48.5 Å². The summed E-state index contributed by atoms with van der Waals surface area (Å²) in [5.41, 5.74) is 0.356. The minimum atomic E-state index is 0.356. The molecule has 0 rings (SSSR count). The van der Waals surface area contributed by atoms with Gasteiger partial charge in [-0.3, -0.25) is 0 Å². The van der Waals surface area contributed by atoms with Gasteiger partial charge in [-0.25, -0.2) is 0 Å². The average Bonchev–Trinajstić information content (AvgIpc) is 2.21. The number of hydrogen-bond acceptors (Lipinski definition) is 2. The molecule has 0 saturated carbocycles. The molecule has 1 nitrogen and oxygen atoms in total. The molecule has 0 aromatic carbocycles. The smallest absolute Gasteiger partial charge is 0.0112 e. The van der Waals surface area contributed by atoms with E-state index in [4.69, 9.17) is 0 Å². The van der Waals surface area contributed by atoms with Crippen LogP contribution in [0, 0.1) is 17.3 Å². The molecule has 0 aliphatic carbocycles. The Labute approximate surface area is 119 Å². The van der Waals surface area contributed by atoms with Crippen LogP contribution in [0.15, 0.2) is 12.2 Å². The monoisotopic (exact) mass is 271 g/mol. The third kappa shape index (κ3) is 7.48. The van der Waals surface area contributed by atoms with Crippen molar-refractivity contribution in [1.29, 1.82) is 0 Å². The summed E-state index contributed by atoms with van der Waals surface area (Å²) in [6, 6.07) is 1.10. The molecule has 108 valence electrons. The summed E-state index contributed by atoms with van der Waals surface area (Å²) in [7, 11) is 0. The molecule has 3 unspecified atom stereocenters. The molecule has 0 aromatic heterocycles. The maximum Gasteiger partial charge on any atom is 0.0112 e. The molecule has 0 aliphatic rings. The minimum Gasteiger partial charge on any atom is -0.311 e. The van der Waals surface area contributed by atoms with Gasteiger partial charge in [-0.1, -0.05) is 53.7 Å². The standard InChI is InChI=1S/C16H33NS/c1-12(2)17-14(4)15(11-18-8)10-9-13(3)16(5,6)7/h9-10,12-15,17H,11H2,1-8H3/b10-9-. The first-order chi connectivity index (χ1) is 8.18. The highest BCUT2D eigenvalue weighted by Gasteiger charge is 2.19. The molecule has 0 amide bonds. The minimum absolute atomic E-state index is 0.356. The van der Waals surface area contributed by atoms with Crippen LogP contribution in [0.25, 0.3) is 0 Å². The molecule has 3 atom stereocenters. The van der Waals surface area contributed by atoms with Gasteiger partial charge in [0.15, 0.2) is 0 Å². The van der Waals surface area contributed by atoms with Gasteiger partial charge in [0.2, 0.25) is 0 Å². The first kappa shape index (κ1) is 18.0. The van der Waals surface area contributed by atoms with Crippen molar-refractivity contribution in [2.24, 2.45) is 17.3 Å². The van der Waals surface area contributed by atoms with Crippen LogP contribution in [-0.4, -0.2) is 24.1 Å². The quantitative estimate of drug-likeness (QED) is 0.680. The molecule has 0 fully saturated rings. The SMILES string of the molecule is CSCC(/C=C\C(C)C(C)(C)C)C(C)NC(C)C. The molecule has 18 heavy (non-hydrogen) atoms. The van der Waals surface area contributed by atoms with Crippen molar-refractivity contribution in [2.75, 3.05) is 12.0 Å². The van der Waals surface area contributed by atoms with Crippen LogP contribution in [0.4, 0.5) is 0 Å². The Balaban J connectivity index is 4.56. The van der Waals surface area contributed by atoms with Crippen molar-refractivity contribution in [3.8, 4) is 0 Å². The largest absolute Gasteiger partial charge is 0.311 e. The van der Waals surface area contributed by atoms with E-state index in [0.717, 1.165) is 0 Å². The second-order valence-corrected chi connectivity index (χ2v) is 7.68. The topological polar surface area (TPSA) is 12.0 Å². The predicted molar refractivity (Wildman–Crippen MR) is 87.4 cm³/mol. The summed E-state index contributed by atoms with van der Waals surface area (Å²) in [5, 5.41) is 3.63. The zero-order chi connectivity index (χ0) is 14.3. The number of allylic oxidation sites excluding steroid dienone is 1. The predicted octanol–water partition coefficient (Wildman–Crippen LogP) is 4.59. The fraction of sp³-hybridized carbons (Fsp3) is 0.875. The van der Waals surface area contributed by atoms with E-state index in [2.05, 4.69) is 72.2 Å². The van der Waals surface area contributed by atoms with Gasteiger partial charge < -0.3 is 5.32 Å². The Hall–Kier alpha value is 0.0500. The molecule has 0 spiro atoms. The van der Waals surface area contributed by atoms with E-state index in [0.29, 0.717) is 29.3 Å². The van der Waals surface area contributed by atoms with Gasteiger partial charge in [0.1, 0.15) is 0 Å². The van der Waals surface area contributed by atoms with Gasteiger partial charge in [0.05, 0.1) is 0 Å². The molecule has 0 aromatic rings. The van der Waals surface area contributed by atoms with Gasteiger partial charge in [0, 0.05) is 23.8 Å². The van der Waals surface area contributed by atoms with Crippen molar-refractivity contribution >= 4 is 11.8 Å². The second kappa shape index (κ2) is 8.27. The van der Waals surface area contributed by atoms with Crippen LogP contribution in [0.2, 0.25) is 0 Å². The number of thioether (sulfide) groups is 1. The fourth-order valence-corrected chi connectivity index (χ4v) is 2.59. The van der Waals surface area contributed by atoms with E-state index in [9.17, 15) is 0 Å². The first-order valence-corrected chi connectivity index (χ1v) is 8.51. The maximum atomic E-state index is 3.63. The van der Waals surface area contributed by atoms with E-state index in [1.807, 2.05) is 11.8 Å². The maximum absolute atomic E-state index is 3.63. The molecule has 0 saturated heterocycles. The fourth-order valence-electron chi connectivity index (χ4n) is 1.81. The molecule has 0 radical (unpaired) electrons. The Bertz CT molecular complexity index is 240. The normalized spacial score (nSPS) is 18.3. The third-order valence-corrected chi connectivity index (χ3v) is 4.33. The molecule has 0 bridgehead atoms. The zero-order valence-electron chi connectivity index (χ0n) is 13.6. The van der Waals surface area contributed by atoms with Crippen molar-refractivity contribution < 1.29 is 0 Å². The highest BCUT2D eigenvalue weighted by Crippen LogP contribution is 2.27. The van der Waals surface area contributed by atoms with Gasteiger partial charge >= 0.3 is 0 Å². The summed E-state index contributed by atoms with van der Waals surface area (Å²) in [4.78, 5) is 0. The second-order valence-electron chi connectivity index (χ2n) is 6.77. The molecule has 0 aliphatic heterocycles. The van der Waals surface area contributed by atoms with Crippen molar-refractivity contribution in [1.82, 2.24) is 5.32 Å². The Morgan fingerprint density at radius 1 is 1.06 bits per heavy atom. The molecular weight excluding hydrogens is 238 g/mol. The summed E-state index contributed by atoms with van der Waals surface area (Å²) >= 11 is 1.93. The molecular formula is C16H33NS. The van der Waals surface area contributed by atoms with Crippen LogP contribution in [0.5, 0.6) is 0 Å². The lowest BCUT2D eigenvalue weighted by Crippen LogP contribution is -2.38. The van der Waals surface area contributed by atoms with Gasteiger partial charge in [-0.2, -0.15) is 11.8 Å². The number of nitrogens with one attached hydrogen (secondary N) is 1. The van der Waals surface area contributed by atoms with E-state index in [1.54, 1.807) is 0 Å². The lowest BCUT2D eigenvalue weighted by Gasteiger charge is -2.27. The number of hydrogen-bond donors (Lipinski definition) is 1. The van der Waals surface area contributed by atoms with Crippen LogP contribution in [0.3, 0.4) is 0 Å². The van der Waals surface area contributed by atoms with E-state index in [-0.39, 0.29) is 0 Å². The summed E-state index contributed by atoms with van der Waals surface area (Å²) in [5.74, 6) is 2.43. The van der Waals surface area contributed by atoms with E-state index in [1.165, 1.54) is 5.75 Å². The molecule has 1 N–H and O–H groups in total. The van der Waals surface area contributed by atoms with Crippen LogP contribution < -0.4 is 5.32 Å². The zero-order valence-corrected chi connectivity index (χ0v) is 14.4. The first-order valence-electron chi connectivity index (χ1n) is 7.11. The molecule has 0 heterocycles. The van der Waals surface area contributed by atoms with Crippen molar-refractivity contribution in [3.05, 3.63) is 12.2 Å².